The summed E-state index contributed by atoms with van der Waals surface area (Å²) in [6.07, 6.45) is 3.71. The van der Waals surface area contributed by atoms with Gasteiger partial charge in [-0.2, -0.15) is 0 Å². The molecule has 1 aliphatic rings. The van der Waals surface area contributed by atoms with E-state index in [1.54, 1.807) is 39.2 Å². The number of nitrogens with zero attached hydrogens (tertiary/aromatic N) is 2. The predicted molar refractivity (Wildman–Crippen MR) is 85.1 cm³/mol. The number of hydrogen-bond acceptors (Lipinski definition) is 5. The average molecular weight is 341 g/mol. The third kappa shape index (κ3) is 3.93. The summed E-state index contributed by atoms with van der Waals surface area (Å²) in [6.45, 7) is 5.33. The van der Waals surface area contributed by atoms with E-state index in [2.05, 4.69) is 4.98 Å². The molecule has 6 nitrogen and oxygen atoms in total. The number of carbonyl (C=O) groups excluding carboxylic acids is 2. The molecule has 0 aromatic carbocycles. The van der Waals surface area contributed by atoms with Crippen molar-refractivity contribution in [3.8, 4) is 0 Å². The van der Waals surface area contributed by atoms with Gasteiger partial charge in [0.05, 0.1) is 13.2 Å². The first-order chi connectivity index (χ1) is 10.7. The van der Waals surface area contributed by atoms with Crippen molar-refractivity contribution in [2.24, 2.45) is 0 Å². The van der Waals surface area contributed by atoms with Crippen LogP contribution >= 0.6 is 11.6 Å². The van der Waals surface area contributed by atoms with Crippen molar-refractivity contribution >= 4 is 23.7 Å². The van der Waals surface area contributed by atoms with Crippen molar-refractivity contribution in [1.82, 2.24) is 9.88 Å². The summed E-state index contributed by atoms with van der Waals surface area (Å²) in [5.74, 6) is -0.460. The highest BCUT2D eigenvalue weighted by atomic mass is 35.5. The largest absolute Gasteiger partial charge is 0.467 e. The van der Waals surface area contributed by atoms with Gasteiger partial charge in [-0.15, -0.1) is 0 Å². The Morgan fingerprint density at radius 1 is 1.35 bits per heavy atom. The number of halogens is 1. The van der Waals surface area contributed by atoms with Gasteiger partial charge in [0, 0.05) is 23.0 Å². The summed E-state index contributed by atoms with van der Waals surface area (Å²) in [6, 6.07) is 0.613. The van der Waals surface area contributed by atoms with Crippen LogP contribution in [-0.4, -0.2) is 40.7 Å². The van der Waals surface area contributed by atoms with Crippen LogP contribution in [0.2, 0.25) is 5.02 Å². The van der Waals surface area contributed by atoms with Crippen LogP contribution in [0.15, 0.2) is 18.5 Å². The molecule has 0 spiro atoms. The lowest BCUT2D eigenvalue weighted by Gasteiger charge is -2.31. The summed E-state index contributed by atoms with van der Waals surface area (Å²) < 4.78 is 10.3. The number of rotatable bonds is 2. The molecular formula is C16H21ClN2O4. The SMILES string of the molecule is COC(=O)[C@@H]1CC[C@H](c2cnccc2Cl)N1C(=O)OC(C)(C)C. The quantitative estimate of drug-likeness (QED) is 0.772. The number of aromatic nitrogens is 1. The van der Waals surface area contributed by atoms with E-state index in [1.807, 2.05) is 0 Å². The minimum Gasteiger partial charge on any atom is -0.467 e. The van der Waals surface area contributed by atoms with E-state index in [1.165, 1.54) is 12.0 Å². The maximum Gasteiger partial charge on any atom is 0.411 e. The fourth-order valence-corrected chi connectivity index (χ4v) is 2.92. The van der Waals surface area contributed by atoms with E-state index in [-0.39, 0.29) is 6.04 Å². The Labute approximate surface area is 140 Å². The molecule has 0 radical (unpaired) electrons. The molecule has 0 unspecified atom stereocenters. The Kier molecular flexibility index (Phi) is 5.14. The second-order valence-electron chi connectivity index (χ2n) is 6.42. The van der Waals surface area contributed by atoms with Crippen molar-refractivity contribution in [2.45, 2.75) is 51.3 Å². The van der Waals surface area contributed by atoms with Crippen LogP contribution in [0.5, 0.6) is 0 Å². The molecule has 0 N–H and O–H groups in total. The first kappa shape index (κ1) is 17.5. The summed E-state index contributed by atoms with van der Waals surface area (Å²) in [4.78, 5) is 30.1. The third-order valence-electron chi connectivity index (χ3n) is 3.62. The summed E-state index contributed by atoms with van der Waals surface area (Å²) >= 11 is 6.23. The number of pyridine rings is 1. The van der Waals surface area contributed by atoms with Crippen molar-refractivity contribution in [3.63, 3.8) is 0 Å². The molecular weight excluding hydrogens is 320 g/mol. The van der Waals surface area contributed by atoms with Crippen LogP contribution in [-0.2, 0) is 14.3 Å². The number of ether oxygens (including phenoxy) is 2. The molecule has 7 heteroatoms. The fourth-order valence-electron chi connectivity index (χ4n) is 2.69. The van der Waals surface area contributed by atoms with E-state index >= 15 is 0 Å². The number of amides is 1. The number of esters is 1. The Balaban J connectivity index is 2.36. The van der Waals surface area contributed by atoms with E-state index in [0.717, 1.165) is 0 Å². The highest BCUT2D eigenvalue weighted by Crippen LogP contribution is 2.39. The zero-order valence-corrected chi connectivity index (χ0v) is 14.5. The zero-order chi connectivity index (χ0) is 17.2. The highest BCUT2D eigenvalue weighted by Gasteiger charge is 2.44. The highest BCUT2D eigenvalue weighted by molar-refractivity contribution is 6.31. The van der Waals surface area contributed by atoms with Gasteiger partial charge < -0.3 is 9.47 Å². The van der Waals surface area contributed by atoms with Crippen LogP contribution in [0.4, 0.5) is 4.79 Å². The number of likely N-dealkylation sites (tertiary alicyclic amines) is 1. The maximum atomic E-state index is 12.6. The summed E-state index contributed by atoms with van der Waals surface area (Å²) in [5, 5.41) is 0.504. The second-order valence-corrected chi connectivity index (χ2v) is 6.82. The Hall–Kier alpha value is -1.82. The molecule has 1 aromatic heterocycles. The molecule has 2 atom stereocenters. The Morgan fingerprint density at radius 2 is 2.04 bits per heavy atom. The van der Waals surface area contributed by atoms with Crippen molar-refractivity contribution in [2.75, 3.05) is 7.11 Å². The lowest BCUT2D eigenvalue weighted by Crippen LogP contribution is -2.45. The normalized spacial score (nSPS) is 21.2. The van der Waals surface area contributed by atoms with Gasteiger partial charge in [0.2, 0.25) is 0 Å². The smallest absolute Gasteiger partial charge is 0.411 e. The Morgan fingerprint density at radius 3 is 2.61 bits per heavy atom. The first-order valence-electron chi connectivity index (χ1n) is 7.43. The molecule has 0 aliphatic carbocycles. The summed E-state index contributed by atoms with van der Waals surface area (Å²) in [5.41, 5.74) is 0.0373. The molecule has 23 heavy (non-hydrogen) atoms. The number of methoxy groups -OCH3 is 1. The van der Waals surface area contributed by atoms with Crippen LogP contribution in [0.1, 0.15) is 45.2 Å². The average Bonchev–Trinajstić information content (AvgIpc) is 2.90. The molecule has 2 heterocycles. The minimum absolute atomic E-state index is 0.366. The minimum atomic E-state index is -0.684. The first-order valence-corrected chi connectivity index (χ1v) is 7.81. The fraction of sp³-hybridized carbons (Fsp3) is 0.562. The molecule has 0 saturated carbocycles. The predicted octanol–water partition coefficient (Wildman–Crippen LogP) is 3.35. The summed E-state index contributed by atoms with van der Waals surface area (Å²) in [7, 11) is 1.31. The van der Waals surface area contributed by atoms with Gasteiger partial charge in [-0.3, -0.25) is 9.88 Å². The topological polar surface area (TPSA) is 68.7 Å². The van der Waals surface area contributed by atoms with Crippen LogP contribution in [0.3, 0.4) is 0 Å². The molecule has 126 valence electrons. The number of hydrogen-bond donors (Lipinski definition) is 0. The van der Waals surface area contributed by atoms with Gasteiger partial charge in [-0.1, -0.05) is 11.6 Å². The van der Waals surface area contributed by atoms with E-state index in [0.29, 0.717) is 23.4 Å². The van der Waals surface area contributed by atoms with Gasteiger partial charge >= 0.3 is 12.1 Å². The molecule has 1 amide bonds. The van der Waals surface area contributed by atoms with Gasteiger partial charge in [0.1, 0.15) is 11.6 Å². The van der Waals surface area contributed by atoms with Crippen molar-refractivity contribution in [1.29, 1.82) is 0 Å². The molecule has 2 rings (SSSR count). The van der Waals surface area contributed by atoms with Crippen LogP contribution in [0.25, 0.3) is 0 Å². The van der Waals surface area contributed by atoms with Crippen molar-refractivity contribution in [3.05, 3.63) is 29.0 Å². The number of carbonyl (C=O) groups is 2. The monoisotopic (exact) mass is 340 g/mol. The molecule has 1 aliphatic heterocycles. The standard InChI is InChI=1S/C16H21ClN2O4/c1-16(2,3)23-15(21)19-12(5-6-13(19)14(20)22-4)10-9-18-8-7-11(10)17/h7-9,12-13H,5-6H2,1-4H3/t12-,13+/m1/s1. The van der Waals surface area contributed by atoms with Crippen molar-refractivity contribution < 1.29 is 19.1 Å². The molecule has 1 saturated heterocycles. The maximum absolute atomic E-state index is 12.6. The van der Waals surface area contributed by atoms with E-state index < -0.39 is 23.7 Å². The van der Waals surface area contributed by atoms with Gasteiger partial charge in [0.25, 0.3) is 0 Å². The second kappa shape index (κ2) is 6.74. The molecule has 0 bridgehead atoms. The van der Waals surface area contributed by atoms with E-state index in [4.69, 9.17) is 21.1 Å². The van der Waals surface area contributed by atoms with Crippen LogP contribution < -0.4 is 0 Å². The van der Waals surface area contributed by atoms with Gasteiger partial charge in [-0.25, -0.2) is 9.59 Å². The third-order valence-corrected chi connectivity index (χ3v) is 3.96. The van der Waals surface area contributed by atoms with Crippen LogP contribution in [0, 0.1) is 0 Å². The van der Waals surface area contributed by atoms with E-state index in [9.17, 15) is 9.59 Å². The zero-order valence-electron chi connectivity index (χ0n) is 13.7. The lowest BCUT2D eigenvalue weighted by atomic mass is 10.1. The van der Waals surface area contributed by atoms with Gasteiger partial charge in [0.15, 0.2) is 0 Å². The molecule has 1 aromatic rings. The lowest BCUT2D eigenvalue weighted by molar-refractivity contribution is -0.146. The Bertz CT molecular complexity index is 600. The van der Waals surface area contributed by atoms with Gasteiger partial charge in [-0.05, 0) is 39.7 Å². The molecule has 1 fully saturated rings.